The number of hydrogen-bond acceptors (Lipinski definition) is 8. The smallest absolute Gasteiger partial charge is 0.268 e. The van der Waals surface area contributed by atoms with Gasteiger partial charge in [-0.25, -0.2) is 19.3 Å². The van der Waals surface area contributed by atoms with E-state index in [-0.39, 0.29) is 23.1 Å². The SMILES string of the molecule is CNC(=O)c1cccc2nc([C@H](C)Nc3ncnc(N)c3C#N)c(-c3cncc(F)c3)n12. The van der Waals surface area contributed by atoms with Gasteiger partial charge in [-0.2, -0.15) is 5.26 Å². The molecule has 0 radical (unpaired) electrons. The molecule has 1 atom stereocenters. The number of nitrogens with zero attached hydrogens (tertiary/aromatic N) is 6. The van der Waals surface area contributed by atoms with Crippen LogP contribution >= 0.6 is 0 Å². The number of anilines is 2. The molecule has 32 heavy (non-hydrogen) atoms. The molecule has 4 heterocycles. The number of fused-ring (bicyclic) bond motifs is 1. The Morgan fingerprint density at radius 1 is 1.31 bits per heavy atom. The van der Waals surface area contributed by atoms with Gasteiger partial charge < -0.3 is 16.4 Å². The zero-order chi connectivity index (χ0) is 22.8. The van der Waals surface area contributed by atoms with Gasteiger partial charge in [0.1, 0.15) is 46.8 Å². The van der Waals surface area contributed by atoms with Gasteiger partial charge in [0, 0.05) is 18.8 Å². The minimum atomic E-state index is -0.531. The van der Waals surface area contributed by atoms with Crippen LogP contribution in [-0.4, -0.2) is 37.3 Å². The minimum absolute atomic E-state index is 0.0451. The number of nitrogens with two attached hydrogens (primary N) is 1. The quantitative estimate of drug-likeness (QED) is 0.436. The summed E-state index contributed by atoms with van der Waals surface area (Å²) in [7, 11) is 1.52. The van der Waals surface area contributed by atoms with Crippen molar-refractivity contribution < 1.29 is 9.18 Å². The summed E-state index contributed by atoms with van der Waals surface area (Å²) in [6.45, 7) is 1.80. The normalized spacial score (nSPS) is 11.7. The minimum Gasteiger partial charge on any atom is -0.382 e. The largest absolute Gasteiger partial charge is 0.382 e. The van der Waals surface area contributed by atoms with Crippen molar-refractivity contribution in [1.29, 1.82) is 5.26 Å². The summed E-state index contributed by atoms with van der Waals surface area (Å²) in [5.74, 6) is -0.582. The van der Waals surface area contributed by atoms with E-state index < -0.39 is 11.9 Å². The standard InChI is InChI=1S/C21H18FN9O/c1-11(29-20-14(7-23)19(24)27-10-28-20)17-18(12-6-13(22)9-26-8-12)31-15(21(32)25-2)4-3-5-16(31)30-17/h3-6,8-11H,1-2H3,(H,25,32)(H3,24,27,28,29)/t11-/m0/s1. The fourth-order valence-corrected chi connectivity index (χ4v) is 3.43. The monoisotopic (exact) mass is 431 g/mol. The first-order chi connectivity index (χ1) is 15.4. The molecule has 0 spiro atoms. The van der Waals surface area contributed by atoms with Gasteiger partial charge in [0.15, 0.2) is 0 Å². The highest BCUT2D eigenvalue weighted by Gasteiger charge is 2.24. The van der Waals surface area contributed by atoms with Crippen LogP contribution in [-0.2, 0) is 0 Å². The summed E-state index contributed by atoms with van der Waals surface area (Å²) in [5.41, 5.74) is 8.09. The van der Waals surface area contributed by atoms with Crippen molar-refractivity contribution in [3.63, 3.8) is 0 Å². The zero-order valence-electron chi connectivity index (χ0n) is 17.2. The number of amides is 1. The maximum absolute atomic E-state index is 14.1. The van der Waals surface area contributed by atoms with E-state index in [1.54, 1.807) is 29.5 Å². The Hall–Kier alpha value is -4.59. The van der Waals surface area contributed by atoms with Gasteiger partial charge in [-0.15, -0.1) is 0 Å². The molecular formula is C21H18FN9O. The van der Waals surface area contributed by atoms with E-state index in [1.807, 2.05) is 6.07 Å². The summed E-state index contributed by atoms with van der Waals surface area (Å²) in [4.78, 5) is 29.1. The van der Waals surface area contributed by atoms with E-state index in [0.717, 1.165) is 6.20 Å². The molecule has 4 aromatic heterocycles. The van der Waals surface area contributed by atoms with E-state index in [0.29, 0.717) is 28.3 Å². The van der Waals surface area contributed by atoms with Crippen LogP contribution in [0.5, 0.6) is 0 Å². The highest BCUT2D eigenvalue weighted by Crippen LogP contribution is 2.32. The third-order valence-electron chi connectivity index (χ3n) is 4.86. The molecule has 160 valence electrons. The average Bonchev–Trinajstić information content (AvgIpc) is 3.18. The van der Waals surface area contributed by atoms with Gasteiger partial charge in [0.2, 0.25) is 0 Å². The van der Waals surface area contributed by atoms with Crippen LogP contribution in [0, 0.1) is 17.1 Å². The number of nitriles is 1. The highest BCUT2D eigenvalue weighted by atomic mass is 19.1. The molecule has 1 amide bonds. The highest BCUT2D eigenvalue weighted by molar-refractivity contribution is 5.94. The molecule has 11 heteroatoms. The number of imidazole rings is 1. The van der Waals surface area contributed by atoms with Crippen LogP contribution in [0.15, 0.2) is 43.0 Å². The molecule has 0 unspecified atom stereocenters. The number of hydrogen-bond donors (Lipinski definition) is 3. The van der Waals surface area contributed by atoms with Gasteiger partial charge in [-0.3, -0.25) is 14.2 Å². The molecule has 0 fully saturated rings. The molecule has 4 rings (SSSR count). The Morgan fingerprint density at radius 2 is 2.12 bits per heavy atom. The van der Waals surface area contributed by atoms with Crippen molar-refractivity contribution in [2.45, 2.75) is 13.0 Å². The fraction of sp³-hybridized carbons (Fsp3) is 0.143. The van der Waals surface area contributed by atoms with Gasteiger partial charge in [0.25, 0.3) is 5.91 Å². The molecule has 0 aliphatic heterocycles. The second kappa shape index (κ2) is 8.27. The van der Waals surface area contributed by atoms with E-state index in [4.69, 9.17) is 5.73 Å². The second-order valence-electron chi connectivity index (χ2n) is 6.88. The second-order valence-corrected chi connectivity index (χ2v) is 6.88. The predicted molar refractivity (Wildman–Crippen MR) is 115 cm³/mol. The van der Waals surface area contributed by atoms with Crippen molar-refractivity contribution in [1.82, 2.24) is 29.7 Å². The van der Waals surface area contributed by atoms with Crippen LogP contribution < -0.4 is 16.4 Å². The number of halogens is 1. The third-order valence-corrected chi connectivity index (χ3v) is 4.86. The Kier molecular flexibility index (Phi) is 5.34. The summed E-state index contributed by atoms with van der Waals surface area (Å²) >= 11 is 0. The first kappa shape index (κ1) is 20.7. The Morgan fingerprint density at radius 3 is 2.84 bits per heavy atom. The van der Waals surface area contributed by atoms with Crippen LogP contribution in [0.2, 0.25) is 0 Å². The molecule has 0 aliphatic rings. The Balaban J connectivity index is 1.93. The van der Waals surface area contributed by atoms with Crippen molar-refractivity contribution in [2.75, 3.05) is 18.1 Å². The Labute approximate surface area is 182 Å². The fourth-order valence-electron chi connectivity index (χ4n) is 3.43. The molecule has 10 nitrogen and oxygen atoms in total. The topological polar surface area (TPSA) is 147 Å². The molecule has 4 N–H and O–H groups in total. The van der Waals surface area contributed by atoms with Crippen molar-refractivity contribution >= 4 is 23.2 Å². The lowest BCUT2D eigenvalue weighted by Crippen LogP contribution is -2.21. The van der Waals surface area contributed by atoms with Gasteiger partial charge in [-0.1, -0.05) is 6.07 Å². The van der Waals surface area contributed by atoms with E-state index in [2.05, 4.69) is 30.6 Å². The van der Waals surface area contributed by atoms with Crippen LogP contribution in [0.3, 0.4) is 0 Å². The summed E-state index contributed by atoms with van der Waals surface area (Å²) in [5, 5.41) is 15.1. The van der Waals surface area contributed by atoms with E-state index in [1.165, 1.54) is 25.6 Å². The molecule has 0 aliphatic carbocycles. The van der Waals surface area contributed by atoms with Gasteiger partial charge >= 0.3 is 0 Å². The zero-order valence-corrected chi connectivity index (χ0v) is 17.2. The Bertz CT molecular complexity index is 1380. The number of rotatable bonds is 5. The van der Waals surface area contributed by atoms with Crippen LogP contribution in [0.4, 0.5) is 16.0 Å². The lowest BCUT2D eigenvalue weighted by molar-refractivity contribution is 0.0957. The van der Waals surface area contributed by atoms with E-state index >= 15 is 0 Å². The number of nitrogens with one attached hydrogen (secondary N) is 2. The van der Waals surface area contributed by atoms with Crippen LogP contribution in [0.1, 0.15) is 34.7 Å². The number of carbonyl (C=O) groups is 1. The molecule has 0 saturated carbocycles. The molecule has 0 bridgehead atoms. The first-order valence-corrected chi connectivity index (χ1v) is 9.56. The molecule has 4 aromatic rings. The van der Waals surface area contributed by atoms with Crippen molar-refractivity contribution in [3.8, 4) is 17.3 Å². The lowest BCUT2D eigenvalue weighted by atomic mass is 10.1. The maximum Gasteiger partial charge on any atom is 0.268 e. The van der Waals surface area contributed by atoms with Crippen LogP contribution in [0.25, 0.3) is 16.9 Å². The average molecular weight is 431 g/mol. The molecule has 0 aromatic carbocycles. The van der Waals surface area contributed by atoms with Gasteiger partial charge in [-0.05, 0) is 25.1 Å². The summed E-state index contributed by atoms with van der Waals surface area (Å²) in [6, 6.07) is 7.88. The van der Waals surface area contributed by atoms with Crippen molar-refractivity contribution in [3.05, 3.63) is 65.8 Å². The van der Waals surface area contributed by atoms with E-state index in [9.17, 15) is 14.4 Å². The summed E-state index contributed by atoms with van der Waals surface area (Å²) < 4.78 is 15.7. The third kappa shape index (κ3) is 3.54. The number of aromatic nitrogens is 5. The number of carbonyl (C=O) groups excluding carboxylic acids is 1. The first-order valence-electron chi connectivity index (χ1n) is 9.56. The number of pyridine rings is 2. The lowest BCUT2D eigenvalue weighted by Gasteiger charge is -2.16. The maximum atomic E-state index is 14.1. The predicted octanol–water partition coefficient (Wildman–Crippen LogP) is 2.31. The van der Waals surface area contributed by atoms with Crippen molar-refractivity contribution in [2.24, 2.45) is 0 Å². The summed E-state index contributed by atoms with van der Waals surface area (Å²) in [6.07, 6.45) is 3.83. The molecule has 0 saturated heterocycles. The number of nitrogen functional groups attached to an aromatic ring is 1. The van der Waals surface area contributed by atoms with Gasteiger partial charge in [0.05, 0.1) is 23.6 Å². The molecular weight excluding hydrogens is 413 g/mol.